The monoisotopic (exact) mass is 248 g/mol. The molecule has 0 aliphatic carbocycles. The van der Waals surface area contributed by atoms with Gasteiger partial charge in [0.15, 0.2) is 5.82 Å². The van der Waals surface area contributed by atoms with Crippen molar-refractivity contribution in [1.29, 1.82) is 0 Å². The van der Waals surface area contributed by atoms with Gasteiger partial charge in [0.1, 0.15) is 11.6 Å². The lowest BCUT2D eigenvalue weighted by atomic mass is 10.4. The van der Waals surface area contributed by atoms with E-state index in [2.05, 4.69) is 25.5 Å². The van der Waals surface area contributed by atoms with E-state index in [4.69, 9.17) is 4.74 Å². The molecule has 2 N–H and O–H groups in total. The maximum absolute atomic E-state index is 5.07. The lowest BCUT2D eigenvalue weighted by molar-refractivity contribution is 0.381. The first-order valence-corrected chi connectivity index (χ1v) is 5.48. The Hall–Kier alpha value is -2.31. The van der Waals surface area contributed by atoms with E-state index in [0.29, 0.717) is 17.6 Å². The second kappa shape index (κ2) is 4.91. The van der Waals surface area contributed by atoms with Crippen LogP contribution >= 0.6 is 0 Å². The first-order valence-electron chi connectivity index (χ1n) is 5.48. The quantitative estimate of drug-likeness (QED) is 0.849. The smallest absolute Gasteiger partial charge is 0.320 e. The Morgan fingerprint density at radius 1 is 1.22 bits per heavy atom. The summed E-state index contributed by atoms with van der Waals surface area (Å²) in [5.74, 6) is 2.10. The van der Waals surface area contributed by atoms with Gasteiger partial charge in [-0.2, -0.15) is 15.1 Å². The van der Waals surface area contributed by atoms with Crippen LogP contribution in [0.5, 0.6) is 6.01 Å². The van der Waals surface area contributed by atoms with Crippen LogP contribution in [0.15, 0.2) is 12.1 Å². The topological polar surface area (TPSA) is 79.0 Å². The van der Waals surface area contributed by atoms with Crippen molar-refractivity contribution in [2.24, 2.45) is 0 Å². The molecule has 2 heterocycles. The van der Waals surface area contributed by atoms with Gasteiger partial charge in [-0.05, 0) is 6.92 Å². The zero-order chi connectivity index (χ0) is 13.1. The molecule has 0 saturated heterocycles. The second-order valence-corrected chi connectivity index (χ2v) is 4.05. The third kappa shape index (κ3) is 2.68. The predicted octanol–water partition coefficient (Wildman–Crippen LogP) is 1.33. The highest BCUT2D eigenvalue weighted by atomic mass is 16.5. The van der Waals surface area contributed by atoms with Gasteiger partial charge in [-0.15, -0.1) is 0 Å². The number of nitrogens with one attached hydrogen (secondary N) is 2. The van der Waals surface area contributed by atoms with Gasteiger partial charge in [0.25, 0.3) is 0 Å². The molecule has 0 aliphatic rings. The summed E-state index contributed by atoms with van der Waals surface area (Å²) in [7, 11) is 5.35. The number of aromatic amines is 1. The molecule has 0 unspecified atom stereocenters. The summed E-state index contributed by atoms with van der Waals surface area (Å²) in [6.45, 7) is 1.93. The molecule has 0 fully saturated rings. The van der Waals surface area contributed by atoms with E-state index in [1.54, 1.807) is 0 Å². The Morgan fingerprint density at radius 2 is 2.00 bits per heavy atom. The average molecular weight is 248 g/mol. The molecule has 2 aromatic heterocycles. The second-order valence-electron chi connectivity index (χ2n) is 4.05. The van der Waals surface area contributed by atoms with Crippen molar-refractivity contribution in [1.82, 2.24) is 20.2 Å². The van der Waals surface area contributed by atoms with Crippen molar-refractivity contribution in [3.05, 3.63) is 17.8 Å². The van der Waals surface area contributed by atoms with Crippen molar-refractivity contribution in [2.45, 2.75) is 6.92 Å². The SMILES string of the molecule is COc1nc(Nc2cc(C)[nH]n2)cc(N(C)C)n1. The standard InChI is InChI=1S/C11H16N6O/c1-7-5-9(16-15-7)12-8-6-10(17(2)3)14-11(13-8)18-4/h5-6H,1-4H3,(H2,12,13,14,15,16). The van der Waals surface area contributed by atoms with Crippen LogP contribution in [0.3, 0.4) is 0 Å². The van der Waals surface area contributed by atoms with E-state index in [9.17, 15) is 0 Å². The number of nitrogens with zero attached hydrogens (tertiary/aromatic N) is 4. The van der Waals surface area contributed by atoms with Crippen molar-refractivity contribution in [2.75, 3.05) is 31.4 Å². The van der Waals surface area contributed by atoms with Crippen LogP contribution in [0.1, 0.15) is 5.69 Å². The molecule has 0 spiro atoms. The number of anilines is 3. The molecule has 0 atom stereocenters. The van der Waals surface area contributed by atoms with Gasteiger partial charge in [0.2, 0.25) is 0 Å². The normalized spacial score (nSPS) is 10.2. The number of hydrogen-bond donors (Lipinski definition) is 2. The molecule has 96 valence electrons. The van der Waals surface area contributed by atoms with Gasteiger partial charge in [-0.25, -0.2) is 0 Å². The predicted molar refractivity (Wildman–Crippen MR) is 69.5 cm³/mol. The summed E-state index contributed by atoms with van der Waals surface area (Å²) in [5.41, 5.74) is 0.978. The summed E-state index contributed by atoms with van der Waals surface area (Å²) in [6, 6.07) is 4.03. The van der Waals surface area contributed by atoms with Gasteiger partial charge in [0.05, 0.1) is 7.11 Å². The number of aryl methyl sites for hydroxylation is 1. The Labute approximate surface area is 105 Å². The fraction of sp³-hybridized carbons (Fsp3) is 0.364. The van der Waals surface area contributed by atoms with Crippen molar-refractivity contribution in [3.8, 4) is 6.01 Å². The van der Waals surface area contributed by atoms with E-state index in [1.165, 1.54) is 7.11 Å². The molecule has 7 heteroatoms. The number of hydrogen-bond acceptors (Lipinski definition) is 6. The van der Waals surface area contributed by atoms with Crippen LogP contribution in [0.2, 0.25) is 0 Å². The molecule has 0 aromatic carbocycles. The van der Waals surface area contributed by atoms with E-state index >= 15 is 0 Å². The molecular weight excluding hydrogens is 232 g/mol. The highest BCUT2D eigenvalue weighted by Crippen LogP contribution is 2.20. The Morgan fingerprint density at radius 3 is 2.56 bits per heavy atom. The molecule has 2 rings (SSSR count). The van der Waals surface area contributed by atoms with Gasteiger partial charge in [0, 0.05) is 31.9 Å². The van der Waals surface area contributed by atoms with Crippen molar-refractivity contribution in [3.63, 3.8) is 0 Å². The minimum atomic E-state index is 0.316. The highest BCUT2D eigenvalue weighted by Gasteiger charge is 2.07. The van der Waals surface area contributed by atoms with Gasteiger partial charge < -0.3 is 15.0 Å². The van der Waals surface area contributed by atoms with Crippen molar-refractivity contribution < 1.29 is 4.74 Å². The Bertz CT molecular complexity index is 536. The zero-order valence-corrected chi connectivity index (χ0v) is 10.9. The van der Waals surface area contributed by atoms with E-state index in [0.717, 1.165) is 11.5 Å². The number of rotatable bonds is 4. The first kappa shape index (κ1) is 12.2. The minimum Gasteiger partial charge on any atom is -0.467 e. The molecule has 7 nitrogen and oxygen atoms in total. The van der Waals surface area contributed by atoms with Gasteiger partial charge in [-0.1, -0.05) is 0 Å². The molecule has 0 amide bonds. The van der Waals surface area contributed by atoms with Crippen LogP contribution in [0.25, 0.3) is 0 Å². The first-order chi connectivity index (χ1) is 8.58. The molecule has 2 aromatic rings. The molecular formula is C11H16N6O. The molecule has 18 heavy (non-hydrogen) atoms. The zero-order valence-electron chi connectivity index (χ0n) is 10.9. The number of methoxy groups -OCH3 is 1. The number of H-pyrrole nitrogens is 1. The van der Waals surface area contributed by atoms with Crippen LogP contribution in [-0.2, 0) is 0 Å². The Kier molecular flexibility index (Phi) is 3.31. The van der Waals surface area contributed by atoms with E-state index in [1.807, 2.05) is 38.1 Å². The molecule has 0 saturated carbocycles. The summed E-state index contributed by atoms with van der Waals surface area (Å²) in [5, 5.41) is 10.0. The fourth-order valence-electron chi connectivity index (χ4n) is 1.41. The van der Waals surface area contributed by atoms with Crippen LogP contribution in [0.4, 0.5) is 17.5 Å². The van der Waals surface area contributed by atoms with Crippen molar-refractivity contribution >= 4 is 17.5 Å². The maximum atomic E-state index is 5.07. The third-order valence-corrected chi connectivity index (χ3v) is 2.29. The van der Waals surface area contributed by atoms with Crippen LogP contribution in [-0.4, -0.2) is 41.4 Å². The number of aromatic nitrogens is 4. The largest absolute Gasteiger partial charge is 0.467 e. The van der Waals surface area contributed by atoms with E-state index < -0.39 is 0 Å². The van der Waals surface area contributed by atoms with Gasteiger partial charge >= 0.3 is 6.01 Å². The third-order valence-electron chi connectivity index (χ3n) is 2.29. The Balaban J connectivity index is 2.29. The highest BCUT2D eigenvalue weighted by molar-refractivity contribution is 5.57. The summed E-state index contributed by atoms with van der Waals surface area (Å²) in [6.07, 6.45) is 0. The van der Waals surface area contributed by atoms with E-state index in [-0.39, 0.29) is 0 Å². The lowest BCUT2D eigenvalue weighted by Gasteiger charge is -2.13. The van der Waals surface area contributed by atoms with Gasteiger partial charge in [-0.3, -0.25) is 5.10 Å². The molecule has 0 aliphatic heterocycles. The maximum Gasteiger partial charge on any atom is 0.320 e. The van der Waals surface area contributed by atoms with Crippen LogP contribution in [0, 0.1) is 6.92 Å². The average Bonchev–Trinajstić information content (AvgIpc) is 2.74. The molecule has 0 radical (unpaired) electrons. The molecule has 0 bridgehead atoms. The summed E-state index contributed by atoms with van der Waals surface area (Å²) >= 11 is 0. The fourth-order valence-corrected chi connectivity index (χ4v) is 1.41. The lowest BCUT2D eigenvalue weighted by Crippen LogP contribution is -2.12. The summed E-state index contributed by atoms with van der Waals surface area (Å²) < 4.78 is 5.07. The van der Waals surface area contributed by atoms with Crippen LogP contribution < -0.4 is 15.0 Å². The minimum absolute atomic E-state index is 0.316. The number of ether oxygens (including phenoxy) is 1. The summed E-state index contributed by atoms with van der Waals surface area (Å²) in [4.78, 5) is 10.3.